The van der Waals surface area contributed by atoms with Gasteiger partial charge in [-0.15, -0.1) is 0 Å². The average molecular weight is 258 g/mol. The van der Waals surface area contributed by atoms with E-state index in [0.29, 0.717) is 6.04 Å². The van der Waals surface area contributed by atoms with Crippen molar-refractivity contribution in [3.8, 4) is 0 Å². The van der Waals surface area contributed by atoms with E-state index in [1.807, 2.05) is 0 Å². The van der Waals surface area contributed by atoms with E-state index in [0.717, 1.165) is 12.6 Å². The van der Waals surface area contributed by atoms with Gasteiger partial charge in [0.2, 0.25) is 0 Å². The van der Waals surface area contributed by atoms with E-state index in [1.54, 1.807) is 11.1 Å². The molecule has 1 N–H and O–H groups in total. The van der Waals surface area contributed by atoms with E-state index in [2.05, 4.69) is 42.4 Å². The van der Waals surface area contributed by atoms with Gasteiger partial charge in [0.1, 0.15) is 0 Å². The Morgan fingerprint density at radius 2 is 2.11 bits per heavy atom. The summed E-state index contributed by atoms with van der Waals surface area (Å²) in [6.45, 7) is 4.68. The van der Waals surface area contributed by atoms with Gasteiger partial charge < -0.3 is 10.2 Å². The minimum Gasteiger partial charge on any atom is -0.309 e. The lowest BCUT2D eigenvalue weighted by atomic mass is 10.0. The molecule has 1 heterocycles. The van der Waals surface area contributed by atoms with Crippen LogP contribution in [0.25, 0.3) is 0 Å². The van der Waals surface area contributed by atoms with Crippen LogP contribution in [0.15, 0.2) is 18.2 Å². The van der Waals surface area contributed by atoms with Crippen LogP contribution in [-0.4, -0.2) is 31.1 Å². The highest BCUT2D eigenvalue weighted by molar-refractivity contribution is 5.36. The zero-order valence-corrected chi connectivity index (χ0v) is 12.3. The van der Waals surface area contributed by atoms with Crippen molar-refractivity contribution in [3.05, 3.63) is 34.9 Å². The van der Waals surface area contributed by atoms with E-state index < -0.39 is 0 Å². The average Bonchev–Trinajstić information content (AvgIpc) is 3.03. The molecule has 1 fully saturated rings. The summed E-state index contributed by atoms with van der Waals surface area (Å²) in [7, 11) is 2.25. The number of aryl methyl sites for hydroxylation is 2. The molecule has 0 bridgehead atoms. The Morgan fingerprint density at radius 1 is 1.26 bits per heavy atom. The third-order valence-corrected chi connectivity index (χ3v) is 4.95. The van der Waals surface area contributed by atoms with Crippen LogP contribution in [-0.2, 0) is 12.8 Å². The van der Waals surface area contributed by atoms with Gasteiger partial charge in [0.05, 0.1) is 0 Å². The molecule has 1 aliphatic heterocycles. The second kappa shape index (κ2) is 5.64. The van der Waals surface area contributed by atoms with Gasteiger partial charge >= 0.3 is 0 Å². The van der Waals surface area contributed by atoms with Crippen LogP contribution in [0, 0.1) is 0 Å². The van der Waals surface area contributed by atoms with E-state index in [1.165, 1.54) is 44.2 Å². The second-order valence-corrected chi connectivity index (χ2v) is 6.29. The minimum atomic E-state index is 0.472. The van der Waals surface area contributed by atoms with Crippen LogP contribution in [0.5, 0.6) is 0 Å². The summed E-state index contributed by atoms with van der Waals surface area (Å²) in [5, 5.41) is 3.72. The number of rotatable bonds is 4. The molecule has 0 saturated carbocycles. The number of likely N-dealkylation sites (tertiary alicyclic amines) is 1. The van der Waals surface area contributed by atoms with Gasteiger partial charge in [0.15, 0.2) is 0 Å². The first-order chi connectivity index (χ1) is 9.24. The van der Waals surface area contributed by atoms with Crippen LogP contribution in [0.3, 0.4) is 0 Å². The zero-order valence-electron chi connectivity index (χ0n) is 12.3. The maximum Gasteiger partial charge on any atom is 0.0292 e. The monoisotopic (exact) mass is 258 g/mol. The predicted octanol–water partition coefficient (Wildman–Crippen LogP) is 2.92. The minimum absolute atomic E-state index is 0.472. The van der Waals surface area contributed by atoms with Gasteiger partial charge in [-0.2, -0.15) is 0 Å². The molecule has 3 rings (SSSR count). The first-order valence-corrected chi connectivity index (χ1v) is 7.79. The summed E-state index contributed by atoms with van der Waals surface area (Å²) < 4.78 is 0. The lowest BCUT2D eigenvalue weighted by Crippen LogP contribution is -2.36. The molecule has 19 heavy (non-hydrogen) atoms. The fraction of sp³-hybridized carbons (Fsp3) is 0.647. The predicted molar refractivity (Wildman–Crippen MR) is 80.5 cm³/mol. The molecule has 2 nitrogen and oxygen atoms in total. The Bertz CT molecular complexity index is 441. The van der Waals surface area contributed by atoms with Gasteiger partial charge in [0, 0.05) is 18.6 Å². The van der Waals surface area contributed by atoms with Crippen molar-refractivity contribution < 1.29 is 0 Å². The lowest BCUT2D eigenvalue weighted by molar-refractivity contribution is 0.293. The maximum atomic E-state index is 3.72. The third-order valence-electron chi connectivity index (χ3n) is 4.95. The van der Waals surface area contributed by atoms with Gasteiger partial charge in [-0.3, -0.25) is 0 Å². The molecule has 0 spiro atoms. The summed E-state index contributed by atoms with van der Waals surface area (Å²) in [6, 6.07) is 8.30. The van der Waals surface area contributed by atoms with Gasteiger partial charge in [-0.05, 0) is 69.3 Å². The van der Waals surface area contributed by atoms with Gasteiger partial charge in [-0.1, -0.05) is 18.2 Å². The highest BCUT2D eigenvalue weighted by atomic mass is 15.2. The summed E-state index contributed by atoms with van der Waals surface area (Å²) in [4.78, 5) is 2.49. The zero-order chi connectivity index (χ0) is 13.2. The van der Waals surface area contributed by atoms with Crippen LogP contribution >= 0.6 is 0 Å². The maximum absolute atomic E-state index is 3.72. The molecule has 104 valence electrons. The number of nitrogens with one attached hydrogen (secondary N) is 1. The summed E-state index contributed by atoms with van der Waals surface area (Å²) in [5.41, 5.74) is 4.62. The first kappa shape index (κ1) is 13.1. The lowest BCUT2D eigenvalue weighted by Gasteiger charge is -2.23. The third kappa shape index (κ3) is 2.85. The summed E-state index contributed by atoms with van der Waals surface area (Å²) >= 11 is 0. The van der Waals surface area contributed by atoms with Crippen molar-refractivity contribution >= 4 is 0 Å². The second-order valence-electron chi connectivity index (χ2n) is 6.29. The van der Waals surface area contributed by atoms with Crippen molar-refractivity contribution in [1.82, 2.24) is 10.2 Å². The number of nitrogens with zero attached hydrogens (tertiary/aromatic N) is 1. The Kier molecular flexibility index (Phi) is 3.90. The summed E-state index contributed by atoms with van der Waals surface area (Å²) in [5.74, 6) is 0. The van der Waals surface area contributed by atoms with Crippen molar-refractivity contribution in [1.29, 1.82) is 0 Å². The Morgan fingerprint density at radius 3 is 2.89 bits per heavy atom. The van der Waals surface area contributed by atoms with Crippen molar-refractivity contribution in [2.24, 2.45) is 0 Å². The molecule has 2 atom stereocenters. The topological polar surface area (TPSA) is 15.3 Å². The first-order valence-electron chi connectivity index (χ1n) is 7.79. The molecular formula is C17H26N2. The number of hydrogen-bond acceptors (Lipinski definition) is 2. The van der Waals surface area contributed by atoms with Crippen LogP contribution in [0.4, 0.5) is 0 Å². The van der Waals surface area contributed by atoms with Crippen molar-refractivity contribution in [3.63, 3.8) is 0 Å². The van der Waals surface area contributed by atoms with E-state index in [9.17, 15) is 0 Å². The number of hydrogen-bond donors (Lipinski definition) is 1. The quantitative estimate of drug-likeness (QED) is 0.893. The number of benzene rings is 1. The molecule has 1 aromatic rings. The number of likely N-dealkylation sites (N-methyl/N-ethyl adjacent to an activating group) is 1. The normalized spacial score (nSPS) is 24.6. The van der Waals surface area contributed by atoms with Crippen molar-refractivity contribution in [2.45, 2.75) is 51.1 Å². The van der Waals surface area contributed by atoms with E-state index in [-0.39, 0.29) is 0 Å². The number of fused-ring (bicyclic) bond motifs is 1. The van der Waals surface area contributed by atoms with Gasteiger partial charge in [-0.25, -0.2) is 0 Å². The van der Waals surface area contributed by atoms with Crippen LogP contribution in [0.1, 0.15) is 48.9 Å². The molecule has 0 radical (unpaired) electrons. The molecule has 1 saturated heterocycles. The van der Waals surface area contributed by atoms with Crippen molar-refractivity contribution in [2.75, 3.05) is 20.1 Å². The molecule has 2 unspecified atom stereocenters. The molecule has 0 amide bonds. The molecule has 2 aliphatic rings. The largest absolute Gasteiger partial charge is 0.309 e. The van der Waals surface area contributed by atoms with Crippen LogP contribution in [0.2, 0.25) is 0 Å². The van der Waals surface area contributed by atoms with Gasteiger partial charge in [0.25, 0.3) is 0 Å². The molecule has 1 aromatic carbocycles. The molecular weight excluding hydrogens is 232 g/mol. The smallest absolute Gasteiger partial charge is 0.0292 e. The standard InChI is InChI=1S/C17H26N2/c1-13(18-12-17-7-4-10-19(17)2)15-9-8-14-5-3-6-16(14)11-15/h8-9,11,13,17-18H,3-7,10,12H2,1-2H3. The SMILES string of the molecule is CC(NCC1CCCN1C)c1ccc2c(c1)CCC2. The molecule has 1 aliphatic carbocycles. The fourth-order valence-corrected chi connectivity index (χ4v) is 3.53. The fourth-order valence-electron chi connectivity index (χ4n) is 3.53. The Labute approximate surface area is 117 Å². The Balaban J connectivity index is 1.59. The molecule has 2 heteroatoms. The Hall–Kier alpha value is -0.860. The highest BCUT2D eigenvalue weighted by Crippen LogP contribution is 2.25. The highest BCUT2D eigenvalue weighted by Gasteiger charge is 2.21. The summed E-state index contributed by atoms with van der Waals surface area (Å²) in [6.07, 6.45) is 6.61. The van der Waals surface area contributed by atoms with Crippen LogP contribution < -0.4 is 5.32 Å². The molecule has 0 aromatic heterocycles. The van der Waals surface area contributed by atoms with E-state index >= 15 is 0 Å². The van der Waals surface area contributed by atoms with E-state index in [4.69, 9.17) is 0 Å².